The molecule has 0 spiro atoms. The van der Waals surface area contributed by atoms with Crippen LogP contribution in [0.25, 0.3) is 0 Å². The van der Waals surface area contributed by atoms with Crippen molar-refractivity contribution in [1.82, 2.24) is 4.90 Å². The normalized spacial score (nSPS) is 36.2. The summed E-state index contributed by atoms with van der Waals surface area (Å²) in [6.45, 7) is 9.08. The fraction of sp³-hybridized carbons (Fsp3) is 1.00. The standard InChI is InChI=1S/C11H21NO2/c1-4-13-8-10-9-6-5-7-12(9)11(2,3)14-10/h9-10H,4-8H2,1-3H3. The highest BCUT2D eigenvalue weighted by Crippen LogP contribution is 2.38. The number of rotatable bonds is 3. The van der Waals surface area contributed by atoms with Gasteiger partial charge < -0.3 is 9.47 Å². The lowest BCUT2D eigenvalue weighted by Gasteiger charge is -2.28. The van der Waals surface area contributed by atoms with Gasteiger partial charge in [0, 0.05) is 19.2 Å². The molecule has 2 unspecified atom stereocenters. The molecule has 0 aromatic carbocycles. The summed E-state index contributed by atoms with van der Waals surface area (Å²) >= 11 is 0. The molecule has 2 heterocycles. The van der Waals surface area contributed by atoms with Crippen molar-refractivity contribution in [2.24, 2.45) is 0 Å². The zero-order valence-corrected chi connectivity index (χ0v) is 9.45. The topological polar surface area (TPSA) is 21.7 Å². The maximum Gasteiger partial charge on any atom is 0.116 e. The Balaban J connectivity index is 2.00. The van der Waals surface area contributed by atoms with E-state index in [2.05, 4.69) is 18.7 Å². The van der Waals surface area contributed by atoms with Crippen molar-refractivity contribution < 1.29 is 9.47 Å². The molecule has 0 amide bonds. The second-order valence-corrected chi connectivity index (χ2v) is 4.67. The number of fused-ring (bicyclic) bond motifs is 1. The quantitative estimate of drug-likeness (QED) is 0.689. The van der Waals surface area contributed by atoms with E-state index in [1.54, 1.807) is 0 Å². The molecular weight excluding hydrogens is 178 g/mol. The Labute approximate surface area is 86.4 Å². The number of hydrogen-bond donors (Lipinski definition) is 0. The van der Waals surface area contributed by atoms with Gasteiger partial charge in [-0.2, -0.15) is 0 Å². The molecule has 2 saturated heterocycles. The first-order valence-corrected chi connectivity index (χ1v) is 5.67. The van der Waals surface area contributed by atoms with Gasteiger partial charge in [-0.05, 0) is 33.6 Å². The highest BCUT2D eigenvalue weighted by atomic mass is 16.6. The molecule has 0 saturated carbocycles. The summed E-state index contributed by atoms with van der Waals surface area (Å²) in [5.41, 5.74) is -0.0804. The molecule has 0 N–H and O–H groups in total. The van der Waals surface area contributed by atoms with Crippen LogP contribution in [-0.4, -0.2) is 42.5 Å². The molecule has 0 radical (unpaired) electrons. The lowest BCUT2D eigenvalue weighted by Crippen LogP contribution is -2.40. The van der Waals surface area contributed by atoms with Crippen molar-refractivity contribution in [1.29, 1.82) is 0 Å². The van der Waals surface area contributed by atoms with Gasteiger partial charge in [-0.1, -0.05) is 0 Å². The molecular formula is C11H21NO2. The second kappa shape index (κ2) is 3.80. The molecule has 0 aliphatic carbocycles. The van der Waals surface area contributed by atoms with E-state index >= 15 is 0 Å². The van der Waals surface area contributed by atoms with E-state index < -0.39 is 0 Å². The van der Waals surface area contributed by atoms with Crippen LogP contribution in [-0.2, 0) is 9.47 Å². The summed E-state index contributed by atoms with van der Waals surface area (Å²) in [5.74, 6) is 0. The Morgan fingerprint density at radius 3 is 3.00 bits per heavy atom. The Morgan fingerprint density at radius 1 is 1.50 bits per heavy atom. The molecule has 2 aliphatic rings. The van der Waals surface area contributed by atoms with Crippen molar-refractivity contribution in [3.8, 4) is 0 Å². The molecule has 0 aromatic rings. The van der Waals surface area contributed by atoms with E-state index in [1.165, 1.54) is 19.4 Å². The van der Waals surface area contributed by atoms with Gasteiger partial charge in [-0.15, -0.1) is 0 Å². The van der Waals surface area contributed by atoms with E-state index in [9.17, 15) is 0 Å². The van der Waals surface area contributed by atoms with E-state index in [4.69, 9.17) is 9.47 Å². The van der Waals surface area contributed by atoms with Crippen LogP contribution in [0.3, 0.4) is 0 Å². The SMILES string of the molecule is CCOCC1OC(C)(C)N2CCCC12. The minimum absolute atomic E-state index is 0.0804. The van der Waals surface area contributed by atoms with E-state index in [-0.39, 0.29) is 11.8 Å². The van der Waals surface area contributed by atoms with Crippen LogP contribution >= 0.6 is 0 Å². The Morgan fingerprint density at radius 2 is 2.29 bits per heavy atom. The largest absolute Gasteiger partial charge is 0.379 e. The second-order valence-electron chi connectivity index (χ2n) is 4.67. The fourth-order valence-corrected chi connectivity index (χ4v) is 2.74. The molecule has 0 aromatic heterocycles. The average molecular weight is 199 g/mol. The molecule has 14 heavy (non-hydrogen) atoms. The van der Waals surface area contributed by atoms with E-state index in [1.807, 2.05) is 6.92 Å². The minimum Gasteiger partial charge on any atom is -0.379 e. The first-order chi connectivity index (χ1) is 6.65. The third kappa shape index (κ3) is 1.69. The maximum absolute atomic E-state index is 6.02. The van der Waals surface area contributed by atoms with Gasteiger partial charge in [0.2, 0.25) is 0 Å². The third-order valence-electron chi connectivity index (χ3n) is 3.35. The number of ether oxygens (including phenoxy) is 2. The molecule has 82 valence electrons. The first-order valence-electron chi connectivity index (χ1n) is 5.67. The summed E-state index contributed by atoms with van der Waals surface area (Å²) in [4.78, 5) is 2.48. The number of hydrogen-bond acceptors (Lipinski definition) is 3. The maximum atomic E-state index is 6.02. The number of nitrogens with zero attached hydrogens (tertiary/aromatic N) is 1. The molecule has 3 nitrogen and oxygen atoms in total. The van der Waals surface area contributed by atoms with Crippen LogP contribution in [0, 0.1) is 0 Å². The molecule has 0 bridgehead atoms. The molecule has 2 aliphatic heterocycles. The molecule has 2 atom stereocenters. The van der Waals surface area contributed by atoms with E-state index in [0.717, 1.165) is 13.2 Å². The van der Waals surface area contributed by atoms with Crippen LogP contribution in [0.5, 0.6) is 0 Å². The monoisotopic (exact) mass is 199 g/mol. The highest BCUT2D eigenvalue weighted by Gasteiger charge is 2.48. The van der Waals surface area contributed by atoms with Crippen LogP contribution in [0.1, 0.15) is 33.6 Å². The van der Waals surface area contributed by atoms with Crippen molar-refractivity contribution in [2.75, 3.05) is 19.8 Å². The van der Waals surface area contributed by atoms with Gasteiger partial charge in [-0.3, -0.25) is 4.90 Å². The zero-order valence-electron chi connectivity index (χ0n) is 9.45. The fourth-order valence-electron chi connectivity index (χ4n) is 2.74. The van der Waals surface area contributed by atoms with Crippen LogP contribution in [0.2, 0.25) is 0 Å². The smallest absolute Gasteiger partial charge is 0.116 e. The predicted molar refractivity (Wildman–Crippen MR) is 55.2 cm³/mol. The highest BCUT2D eigenvalue weighted by molar-refractivity contribution is 4.97. The molecule has 2 fully saturated rings. The average Bonchev–Trinajstić information content (AvgIpc) is 2.67. The van der Waals surface area contributed by atoms with Crippen LogP contribution < -0.4 is 0 Å². The summed E-state index contributed by atoms with van der Waals surface area (Å²) < 4.78 is 11.5. The molecule has 3 heteroatoms. The summed E-state index contributed by atoms with van der Waals surface area (Å²) in [7, 11) is 0. The Hall–Kier alpha value is -0.120. The summed E-state index contributed by atoms with van der Waals surface area (Å²) in [6, 6.07) is 0.594. The Bertz CT molecular complexity index is 205. The molecule has 2 rings (SSSR count). The Kier molecular flexibility index (Phi) is 2.82. The summed E-state index contributed by atoms with van der Waals surface area (Å²) in [6.07, 6.45) is 2.86. The summed E-state index contributed by atoms with van der Waals surface area (Å²) in [5, 5.41) is 0. The van der Waals surface area contributed by atoms with Crippen molar-refractivity contribution in [3.05, 3.63) is 0 Å². The lowest BCUT2D eigenvalue weighted by molar-refractivity contribution is -0.0915. The van der Waals surface area contributed by atoms with Crippen molar-refractivity contribution in [2.45, 2.75) is 51.5 Å². The minimum atomic E-state index is -0.0804. The van der Waals surface area contributed by atoms with Crippen LogP contribution in [0.15, 0.2) is 0 Å². The predicted octanol–water partition coefficient (Wildman–Crippen LogP) is 1.62. The van der Waals surface area contributed by atoms with Crippen molar-refractivity contribution >= 4 is 0 Å². The van der Waals surface area contributed by atoms with Gasteiger partial charge in [0.25, 0.3) is 0 Å². The zero-order chi connectivity index (χ0) is 10.2. The van der Waals surface area contributed by atoms with Gasteiger partial charge in [0.15, 0.2) is 0 Å². The van der Waals surface area contributed by atoms with Crippen LogP contribution in [0.4, 0.5) is 0 Å². The van der Waals surface area contributed by atoms with E-state index in [0.29, 0.717) is 6.04 Å². The van der Waals surface area contributed by atoms with Gasteiger partial charge in [0.05, 0.1) is 12.7 Å². The lowest BCUT2D eigenvalue weighted by atomic mass is 10.1. The van der Waals surface area contributed by atoms with Gasteiger partial charge >= 0.3 is 0 Å². The van der Waals surface area contributed by atoms with Gasteiger partial charge in [-0.25, -0.2) is 0 Å². The van der Waals surface area contributed by atoms with Crippen molar-refractivity contribution in [3.63, 3.8) is 0 Å². The van der Waals surface area contributed by atoms with Gasteiger partial charge in [0.1, 0.15) is 5.72 Å². The first kappa shape index (κ1) is 10.4. The third-order valence-corrected chi connectivity index (χ3v) is 3.35.